The average molecular weight is 442 g/mol. The normalized spacial score (nSPS) is 21.9. The third-order valence-electron chi connectivity index (χ3n) is 6.48. The summed E-state index contributed by atoms with van der Waals surface area (Å²) in [5.74, 6) is -0.178. The number of benzene rings is 1. The number of amides is 2. The SMILES string of the molecule is CC1(C(=O)NC2CCCC2)Cn2c(cc3sccc32)C(=O)N1Cc1ccc(Cl)cc1. The lowest BCUT2D eigenvalue weighted by Gasteiger charge is -2.44. The van der Waals surface area contributed by atoms with Crippen molar-refractivity contribution in [2.75, 3.05) is 0 Å². The van der Waals surface area contributed by atoms with Crippen molar-refractivity contribution < 1.29 is 9.59 Å². The van der Waals surface area contributed by atoms with Crippen LogP contribution in [-0.4, -0.2) is 32.9 Å². The number of hydrogen-bond acceptors (Lipinski definition) is 3. The fourth-order valence-corrected chi connectivity index (χ4v) is 5.65. The summed E-state index contributed by atoms with van der Waals surface area (Å²) in [7, 11) is 0. The lowest BCUT2D eigenvalue weighted by Crippen LogP contribution is -2.64. The summed E-state index contributed by atoms with van der Waals surface area (Å²) in [5, 5.41) is 5.91. The van der Waals surface area contributed by atoms with Crippen LogP contribution in [0.1, 0.15) is 48.7 Å². The Labute approximate surface area is 184 Å². The van der Waals surface area contributed by atoms with Crippen LogP contribution in [0.2, 0.25) is 5.02 Å². The second kappa shape index (κ2) is 7.43. The van der Waals surface area contributed by atoms with Gasteiger partial charge in [0, 0.05) is 17.6 Å². The van der Waals surface area contributed by atoms with Gasteiger partial charge in [0.2, 0.25) is 5.91 Å². The number of nitrogens with one attached hydrogen (secondary N) is 1. The molecule has 1 aromatic carbocycles. The molecule has 0 saturated heterocycles. The van der Waals surface area contributed by atoms with Crippen LogP contribution in [0.25, 0.3) is 10.2 Å². The Kier molecular flexibility index (Phi) is 4.86. The van der Waals surface area contributed by atoms with Crippen molar-refractivity contribution in [1.29, 1.82) is 0 Å². The predicted molar refractivity (Wildman–Crippen MR) is 120 cm³/mol. The first kappa shape index (κ1) is 19.6. The Bertz CT molecular complexity index is 1110. The molecule has 1 saturated carbocycles. The molecule has 1 fully saturated rings. The van der Waals surface area contributed by atoms with Gasteiger partial charge in [0.1, 0.15) is 11.2 Å². The Morgan fingerprint density at radius 3 is 2.70 bits per heavy atom. The Balaban J connectivity index is 1.54. The summed E-state index contributed by atoms with van der Waals surface area (Å²) in [4.78, 5) is 28.9. The van der Waals surface area contributed by atoms with Gasteiger partial charge in [-0.15, -0.1) is 11.3 Å². The van der Waals surface area contributed by atoms with Gasteiger partial charge >= 0.3 is 0 Å². The smallest absolute Gasteiger partial charge is 0.271 e. The van der Waals surface area contributed by atoms with Crippen molar-refractivity contribution >= 4 is 45.0 Å². The quantitative estimate of drug-likeness (QED) is 0.630. The number of rotatable bonds is 4. The summed E-state index contributed by atoms with van der Waals surface area (Å²) in [6.45, 7) is 2.70. The molecule has 0 bridgehead atoms. The van der Waals surface area contributed by atoms with Crippen LogP contribution >= 0.6 is 22.9 Å². The number of fused-ring (bicyclic) bond motifs is 3. The Morgan fingerprint density at radius 1 is 1.23 bits per heavy atom. The van der Waals surface area contributed by atoms with Crippen molar-refractivity contribution in [2.24, 2.45) is 0 Å². The average Bonchev–Trinajstić information content (AvgIpc) is 3.45. The highest BCUT2D eigenvalue weighted by Crippen LogP contribution is 2.35. The number of halogens is 1. The minimum Gasteiger partial charge on any atom is -0.351 e. The first-order valence-corrected chi connectivity index (χ1v) is 11.7. The summed E-state index contributed by atoms with van der Waals surface area (Å²) < 4.78 is 3.09. The number of carbonyl (C=O) groups excluding carboxylic acids is 2. The van der Waals surface area contributed by atoms with Gasteiger partial charge in [-0.3, -0.25) is 9.59 Å². The van der Waals surface area contributed by atoms with Gasteiger partial charge < -0.3 is 14.8 Å². The van der Waals surface area contributed by atoms with Crippen molar-refractivity contribution in [3.05, 3.63) is 58.1 Å². The zero-order valence-electron chi connectivity index (χ0n) is 16.9. The summed E-state index contributed by atoms with van der Waals surface area (Å²) in [6.07, 6.45) is 4.31. The third kappa shape index (κ3) is 3.22. The minimum atomic E-state index is -0.972. The van der Waals surface area contributed by atoms with E-state index < -0.39 is 5.54 Å². The van der Waals surface area contributed by atoms with Gasteiger partial charge in [0.15, 0.2) is 0 Å². The molecule has 2 amide bonds. The molecule has 1 unspecified atom stereocenters. The summed E-state index contributed by atoms with van der Waals surface area (Å²) >= 11 is 7.66. The van der Waals surface area contributed by atoms with Crippen LogP contribution in [0.3, 0.4) is 0 Å². The molecule has 7 heteroatoms. The molecule has 3 heterocycles. The van der Waals surface area contributed by atoms with Crippen molar-refractivity contribution in [1.82, 2.24) is 14.8 Å². The van der Waals surface area contributed by atoms with Gasteiger partial charge in [0.05, 0.1) is 16.8 Å². The molecule has 1 atom stereocenters. The predicted octanol–water partition coefficient (Wildman–Crippen LogP) is 4.83. The highest BCUT2D eigenvalue weighted by atomic mass is 35.5. The summed E-state index contributed by atoms with van der Waals surface area (Å²) in [5.41, 5.74) is 1.65. The number of hydrogen-bond donors (Lipinski definition) is 1. The van der Waals surface area contributed by atoms with E-state index in [4.69, 9.17) is 11.6 Å². The van der Waals surface area contributed by atoms with E-state index in [1.165, 1.54) is 0 Å². The lowest BCUT2D eigenvalue weighted by atomic mass is 9.93. The van der Waals surface area contributed by atoms with Crippen molar-refractivity contribution in [3.8, 4) is 0 Å². The van der Waals surface area contributed by atoms with E-state index in [-0.39, 0.29) is 17.9 Å². The van der Waals surface area contributed by atoms with Gasteiger partial charge in [0.25, 0.3) is 5.91 Å². The standard InChI is InChI=1S/C23H24ClN3O2S/c1-23(22(29)25-17-4-2-3-5-17)14-26-18-10-11-30-20(18)12-19(26)21(28)27(23)13-15-6-8-16(24)9-7-15/h6-12,17H,2-5,13-14H2,1H3,(H,25,29). The van der Waals surface area contributed by atoms with E-state index in [0.717, 1.165) is 41.5 Å². The fourth-order valence-electron chi connectivity index (χ4n) is 4.70. The maximum absolute atomic E-state index is 13.6. The molecule has 3 aromatic rings. The first-order valence-electron chi connectivity index (χ1n) is 10.4. The van der Waals surface area contributed by atoms with Crippen LogP contribution < -0.4 is 5.32 Å². The maximum atomic E-state index is 13.6. The van der Waals surface area contributed by atoms with Crippen molar-refractivity contribution in [2.45, 2.75) is 57.3 Å². The molecule has 0 spiro atoms. The molecule has 30 heavy (non-hydrogen) atoms. The number of carbonyl (C=O) groups is 2. The van der Waals surface area contributed by atoms with Crippen LogP contribution in [0.15, 0.2) is 41.8 Å². The molecule has 5 rings (SSSR count). The highest BCUT2D eigenvalue weighted by Gasteiger charge is 2.48. The van der Waals surface area contributed by atoms with E-state index >= 15 is 0 Å². The Morgan fingerprint density at radius 2 is 1.97 bits per heavy atom. The molecule has 1 aliphatic carbocycles. The fraction of sp³-hybridized carbons (Fsp3) is 0.391. The third-order valence-corrected chi connectivity index (χ3v) is 7.59. The number of nitrogens with zero attached hydrogens (tertiary/aromatic N) is 2. The molecule has 1 aliphatic heterocycles. The van der Waals surface area contributed by atoms with Crippen LogP contribution in [0.4, 0.5) is 0 Å². The topological polar surface area (TPSA) is 54.3 Å². The molecule has 0 radical (unpaired) electrons. The van der Waals surface area contributed by atoms with Gasteiger partial charge in [-0.05, 0) is 55.0 Å². The highest BCUT2D eigenvalue weighted by molar-refractivity contribution is 7.17. The largest absolute Gasteiger partial charge is 0.351 e. The van der Waals surface area contributed by atoms with Crippen LogP contribution in [-0.2, 0) is 17.9 Å². The van der Waals surface area contributed by atoms with Crippen LogP contribution in [0, 0.1) is 0 Å². The van der Waals surface area contributed by atoms with Crippen molar-refractivity contribution in [3.63, 3.8) is 0 Å². The van der Waals surface area contributed by atoms with Gasteiger partial charge in [-0.2, -0.15) is 0 Å². The van der Waals surface area contributed by atoms with Crippen LogP contribution in [0.5, 0.6) is 0 Å². The summed E-state index contributed by atoms with van der Waals surface area (Å²) in [6, 6.07) is 11.6. The number of aromatic nitrogens is 1. The second-order valence-corrected chi connectivity index (χ2v) is 9.92. The van der Waals surface area contributed by atoms with E-state index in [0.29, 0.717) is 23.8 Å². The van der Waals surface area contributed by atoms with Gasteiger partial charge in [-0.1, -0.05) is 36.6 Å². The van der Waals surface area contributed by atoms with E-state index in [2.05, 4.69) is 5.32 Å². The molecule has 2 aromatic heterocycles. The molecular formula is C23H24ClN3O2S. The lowest BCUT2D eigenvalue weighted by molar-refractivity contribution is -0.133. The second-order valence-electron chi connectivity index (χ2n) is 8.53. The molecule has 1 N–H and O–H groups in total. The maximum Gasteiger partial charge on any atom is 0.271 e. The Hall–Kier alpha value is -2.31. The zero-order valence-corrected chi connectivity index (χ0v) is 18.4. The minimum absolute atomic E-state index is 0.0700. The van der Waals surface area contributed by atoms with E-state index in [1.807, 2.05) is 53.3 Å². The van der Waals surface area contributed by atoms with E-state index in [1.54, 1.807) is 16.2 Å². The number of thiophene rings is 1. The molecule has 156 valence electrons. The monoisotopic (exact) mass is 441 g/mol. The molecule has 5 nitrogen and oxygen atoms in total. The van der Waals surface area contributed by atoms with Gasteiger partial charge in [-0.25, -0.2) is 0 Å². The molecular weight excluding hydrogens is 418 g/mol. The van der Waals surface area contributed by atoms with E-state index in [9.17, 15) is 9.59 Å². The molecule has 2 aliphatic rings. The first-order chi connectivity index (χ1) is 14.5. The zero-order chi connectivity index (χ0) is 20.9.